The van der Waals surface area contributed by atoms with Crippen LogP contribution in [0.3, 0.4) is 0 Å². The molecule has 1 amide bonds. The predicted molar refractivity (Wildman–Crippen MR) is 104 cm³/mol. The molecule has 26 heavy (non-hydrogen) atoms. The van der Waals surface area contributed by atoms with Crippen LogP contribution in [0.25, 0.3) is 0 Å². The van der Waals surface area contributed by atoms with Gasteiger partial charge < -0.3 is 10.6 Å². The van der Waals surface area contributed by atoms with Crippen molar-refractivity contribution >= 4 is 29.0 Å². The van der Waals surface area contributed by atoms with Gasteiger partial charge in [0.05, 0.1) is 22.9 Å². The van der Waals surface area contributed by atoms with Gasteiger partial charge in [-0.15, -0.1) is 0 Å². The molecule has 2 heterocycles. The molecule has 6 heteroatoms. The molecular weight excluding hydrogens is 348 g/mol. The normalized spacial score (nSPS) is 10.4. The Kier molecular flexibility index (Phi) is 5.49. The van der Waals surface area contributed by atoms with E-state index in [4.69, 9.17) is 11.6 Å². The fraction of sp³-hybridized carbons (Fsp3) is 0.150. The van der Waals surface area contributed by atoms with Gasteiger partial charge in [-0.25, -0.2) is 4.98 Å². The van der Waals surface area contributed by atoms with Crippen molar-refractivity contribution in [2.75, 3.05) is 5.32 Å². The number of anilines is 2. The van der Waals surface area contributed by atoms with Crippen LogP contribution in [0, 0.1) is 13.8 Å². The highest BCUT2D eigenvalue weighted by Crippen LogP contribution is 2.29. The van der Waals surface area contributed by atoms with Crippen molar-refractivity contribution in [2.24, 2.45) is 0 Å². The van der Waals surface area contributed by atoms with Crippen LogP contribution in [0.15, 0.2) is 54.9 Å². The Morgan fingerprint density at radius 1 is 1.08 bits per heavy atom. The minimum Gasteiger partial charge on any atom is -0.346 e. The van der Waals surface area contributed by atoms with E-state index in [2.05, 4.69) is 20.6 Å². The minimum atomic E-state index is -0.187. The summed E-state index contributed by atoms with van der Waals surface area (Å²) in [4.78, 5) is 20.8. The lowest BCUT2D eigenvalue weighted by atomic mass is 10.1. The average Bonchev–Trinajstić information content (AvgIpc) is 2.64. The highest BCUT2D eigenvalue weighted by Gasteiger charge is 2.10. The van der Waals surface area contributed by atoms with Crippen molar-refractivity contribution in [1.29, 1.82) is 0 Å². The fourth-order valence-electron chi connectivity index (χ4n) is 2.62. The molecule has 0 aliphatic carbocycles. The molecular formula is C20H19ClN4O. The topological polar surface area (TPSA) is 66.9 Å². The fourth-order valence-corrected chi connectivity index (χ4v) is 2.99. The Labute approximate surface area is 157 Å². The number of benzene rings is 1. The van der Waals surface area contributed by atoms with Crippen LogP contribution in [0.2, 0.25) is 5.02 Å². The van der Waals surface area contributed by atoms with Crippen LogP contribution in [-0.2, 0) is 6.54 Å². The number of amides is 1. The van der Waals surface area contributed by atoms with Crippen LogP contribution < -0.4 is 10.6 Å². The molecule has 5 nitrogen and oxygen atoms in total. The molecule has 2 aromatic heterocycles. The van der Waals surface area contributed by atoms with E-state index >= 15 is 0 Å². The second-order valence-electron chi connectivity index (χ2n) is 6.00. The van der Waals surface area contributed by atoms with Gasteiger partial charge in [-0.3, -0.25) is 9.78 Å². The van der Waals surface area contributed by atoms with Crippen molar-refractivity contribution in [1.82, 2.24) is 15.3 Å². The standard InChI is InChI=1S/C20H19ClN4O/c1-13-9-14(2)19(17(21)10-13)25-18-11-15(6-8-23-18)20(26)24-12-16-5-3-4-7-22-16/h3-11H,12H2,1-2H3,(H,23,25)(H,24,26). The number of hydrogen-bond donors (Lipinski definition) is 2. The molecule has 3 rings (SSSR count). The summed E-state index contributed by atoms with van der Waals surface area (Å²) in [6.45, 7) is 4.34. The van der Waals surface area contributed by atoms with E-state index in [1.54, 1.807) is 24.5 Å². The molecule has 0 saturated carbocycles. The van der Waals surface area contributed by atoms with Crippen molar-refractivity contribution in [3.63, 3.8) is 0 Å². The molecule has 0 aliphatic rings. The van der Waals surface area contributed by atoms with E-state index in [1.165, 1.54) is 0 Å². The maximum Gasteiger partial charge on any atom is 0.251 e. The van der Waals surface area contributed by atoms with Gasteiger partial charge in [0.25, 0.3) is 5.91 Å². The second kappa shape index (κ2) is 7.97. The third-order valence-electron chi connectivity index (χ3n) is 3.86. The number of nitrogens with zero attached hydrogens (tertiary/aromatic N) is 2. The van der Waals surface area contributed by atoms with Crippen LogP contribution in [-0.4, -0.2) is 15.9 Å². The molecule has 0 bridgehead atoms. The molecule has 0 aliphatic heterocycles. The highest BCUT2D eigenvalue weighted by atomic mass is 35.5. The number of nitrogens with one attached hydrogen (secondary N) is 2. The van der Waals surface area contributed by atoms with Gasteiger partial charge in [0.2, 0.25) is 0 Å². The van der Waals surface area contributed by atoms with Crippen LogP contribution in [0.4, 0.5) is 11.5 Å². The zero-order valence-corrected chi connectivity index (χ0v) is 15.3. The van der Waals surface area contributed by atoms with E-state index in [1.807, 2.05) is 44.2 Å². The number of rotatable bonds is 5. The first kappa shape index (κ1) is 17.9. The van der Waals surface area contributed by atoms with Crippen LogP contribution in [0.5, 0.6) is 0 Å². The van der Waals surface area contributed by atoms with Gasteiger partial charge in [-0.05, 0) is 55.3 Å². The number of aromatic nitrogens is 2. The summed E-state index contributed by atoms with van der Waals surface area (Å²) >= 11 is 6.33. The van der Waals surface area contributed by atoms with E-state index in [-0.39, 0.29) is 5.91 Å². The zero-order chi connectivity index (χ0) is 18.5. The van der Waals surface area contributed by atoms with Crippen molar-refractivity contribution in [2.45, 2.75) is 20.4 Å². The molecule has 2 N–H and O–H groups in total. The Bertz CT molecular complexity index is 905. The Morgan fingerprint density at radius 3 is 2.65 bits per heavy atom. The van der Waals surface area contributed by atoms with Crippen LogP contribution in [0.1, 0.15) is 27.2 Å². The molecule has 0 spiro atoms. The quantitative estimate of drug-likeness (QED) is 0.701. The lowest BCUT2D eigenvalue weighted by molar-refractivity contribution is 0.0950. The molecule has 1 aromatic carbocycles. The molecule has 3 aromatic rings. The minimum absolute atomic E-state index is 0.187. The first-order valence-corrected chi connectivity index (χ1v) is 8.58. The van der Waals surface area contributed by atoms with E-state index in [0.717, 1.165) is 22.5 Å². The molecule has 132 valence electrons. The number of pyridine rings is 2. The van der Waals surface area contributed by atoms with Gasteiger partial charge in [0, 0.05) is 18.0 Å². The maximum absolute atomic E-state index is 12.4. The summed E-state index contributed by atoms with van der Waals surface area (Å²) in [5.41, 5.74) is 4.21. The number of carbonyl (C=O) groups excluding carboxylic acids is 1. The van der Waals surface area contributed by atoms with Crippen molar-refractivity contribution in [3.8, 4) is 0 Å². The Balaban J connectivity index is 1.73. The average molecular weight is 367 g/mol. The smallest absolute Gasteiger partial charge is 0.251 e. The Hall–Kier alpha value is -2.92. The van der Waals surface area contributed by atoms with E-state index < -0.39 is 0 Å². The number of hydrogen-bond acceptors (Lipinski definition) is 4. The third-order valence-corrected chi connectivity index (χ3v) is 4.16. The summed E-state index contributed by atoms with van der Waals surface area (Å²) in [6, 6.07) is 12.9. The summed E-state index contributed by atoms with van der Waals surface area (Å²) < 4.78 is 0. The molecule has 0 radical (unpaired) electrons. The summed E-state index contributed by atoms with van der Waals surface area (Å²) in [6.07, 6.45) is 3.29. The largest absolute Gasteiger partial charge is 0.346 e. The van der Waals surface area contributed by atoms with Gasteiger partial charge in [-0.1, -0.05) is 23.7 Å². The first-order chi connectivity index (χ1) is 12.5. The van der Waals surface area contributed by atoms with Gasteiger partial charge >= 0.3 is 0 Å². The van der Waals surface area contributed by atoms with E-state index in [0.29, 0.717) is 22.9 Å². The summed E-state index contributed by atoms with van der Waals surface area (Å²) in [7, 11) is 0. The number of carbonyl (C=O) groups is 1. The van der Waals surface area contributed by atoms with Gasteiger partial charge in [-0.2, -0.15) is 0 Å². The zero-order valence-electron chi connectivity index (χ0n) is 14.6. The SMILES string of the molecule is Cc1cc(C)c(Nc2cc(C(=O)NCc3ccccn3)ccn2)c(Cl)c1. The molecule has 0 fully saturated rings. The first-order valence-electron chi connectivity index (χ1n) is 8.21. The third kappa shape index (κ3) is 4.37. The lowest BCUT2D eigenvalue weighted by Gasteiger charge is -2.13. The van der Waals surface area contributed by atoms with Crippen molar-refractivity contribution in [3.05, 3.63) is 82.3 Å². The number of halogens is 1. The summed E-state index contributed by atoms with van der Waals surface area (Å²) in [5, 5.41) is 6.67. The highest BCUT2D eigenvalue weighted by molar-refractivity contribution is 6.33. The Morgan fingerprint density at radius 2 is 1.92 bits per heavy atom. The monoisotopic (exact) mass is 366 g/mol. The molecule has 0 atom stereocenters. The second-order valence-corrected chi connectivity index (χ2v) is 6.40. The van der Waals surface area contributed by atoms with Crippen molar-refractivity contribution < 1.29 is 4.79 Å². The molecule has 0 unspecified atom stereocenters. The van der Waals surface area contributed by atoms with Gasteiger partial charge in [0.1, 0.15) is 5.82 Å². The van der Waals surface area contributed by atoms with Crippen LogP contribution >= 0.6 is 11.6 Å². The summed E-state index contributed by atoms with van der Waals surface area (Å²) in [5.74, 6) is 0.372. The lowest BCUT2D eigenvalue weighted by Crippen LogP contribution is -2.23. The van der Waals surface area contributed by atoms with E-state index in [9.17, 15) is 4.79 Å². The predicted octanol–water partition coefficient (Wildman–Crippen LogP) is 4.42. The van der Waals surface area contributed by atoms with Gasteiger partial charge in [0.15, 0.2) is 0 Å². The molecule has 0 saturated heterocycles. The maximum atomic E-state index is 12.4. The number of aryl methyl sites for hydroxylation is 2.